The van der Waals surface area contributed by atoms with Crippen LogP contribution in [0, 0.1) is 5.92 Å². The third kappa shape index (κ3) is 3.19. The van der Waals surface area contributed by atoms with Crippen LogP contribution in [0.1, 0.15) is 12.5 Å². The molecule has 2 atom stereocenters. The van der Waals surface area contributed by atoms with Crippen LogP contribution in [0.5, 0.6) is 0 Å². The van der Waals surface area contributed by atoms with Gasteiger partial charge in [-0.1, -0.05) is 49.4 Å². The molecule has 122 valence electrons. The van der Waals surface area contributed by atoms with Crippen molar-refractivity contribution in [1.29, 1.82) is 0 Å². The summed E-state index contributed by atoms with van der Waals surface area (Å²) in [6.45, 7) is 1.78. The molecule has 0 aromatic heterocycles. The van der Waals surface area contributed by atoms with E-state index in [1.54, 1.807) is 49.4 Å². The minimum Gasteiger partial charge on any atom is -0.452 e. The van der Waals surface area contributed by atoms with Crippen molar-refractivity contribution in [3.05, 3.63) is 54.1 Å². The number of hydrogen-bond donors (Lipinski definition) is 1. The summed E-state index contributed by atoms with van der Waals surface area (Å²) in [6.07, 6.45) is 6.69. The number of carbonyl (C=O) groups is 2. The van der Waals surface area contributed by atoms with Crippen molar-refractivity contribution < 1.29 is 22.7 Å². The first-order valence-corrected chi connectivity index (χ1v) is 8.35. The van der Waals surface area contributed by atoms with Gasteiger partial charge < -0.3 is 9.53 Å². The minimum atomic E-state index is -4.12. The third-order valence-corrected chi connectivity index (χ3v) is 5.24. The summed E-state index contributed by atoms with van der Waals surface area (Å²) in [5.74, 6) is -0.512. The van der Waals surface area contributed by atoms with E-state index < -0.39 is 27.4 Å². The fourth-order valence-corrected chi connectivity index (χ4v) is 3.81. The number of aldehydes is 1. The normalized spacial score (nSPS) is 23.3. The molecule has 1 aliphatic rings. The Hall–Kier alpha value is -2.41. The smallest absolute Gasteiger partial charge is 0.420 e. The number of hydrogen-bond acceptors (Lipinski definition) is 5. The van der Waals surface area contributed by atoms with E-state index in [1.165, 1.54) is 6.07 Å². The number of methoxy groups -OCH3 is 1. The quantitative estimate of drug-likeness (QED) is 0.849. The van der Waals surface area contributed by atoms with E-state index in [0.717, 1.165) is 13.4 Å². The Morgan fingerprint density at radius 2 is 2.00 bits per heavy atom. The number of ether oxygens (including phenoxy) is 1. The van der Waals surface area contributed by atoms with Crippen molar-refractivity contribution in [2.45, 2.75) is 17.2 Å². The lowest BCUT2D eigenvalue weighted by molar-refractivity contribution is -0.111. The zero-order chi connectivity index (χ0) is 17.1. The second-order valence-corrected chi connectivity index (χ2v) is 6.93. The van der Waals surface area contributed by atoms with Gasteiger partial charge in [0, 0.05) is 11.3 Å². The molecule has 0 saturated carbocycles. The van der Waals surface area contributed by atoms with Gasteiger partial charge in [-0.25, -0.2) is 17.9 Å². The van der Waals surface area contributed by atoms with Crippen LogP contribution in [0.15, 0.2) is 53.5 Å². The minimum absolute atomic E-state index is 0.0697. The number of carbonyl (C=O) groups excluding carboxylic acids is 2. The molecule has 1 N–H and O–H groups in total. The standard InChI is InChI=1S/C16H17NO5S/c1-16(10-6-5-7-12(16)11-18)13-8-3-4-9-14(13)23(20,21)17-15(19)22-2/h3-12H,1-2H3,(H,17,19). The molecule has 0 bridgehead atoms. The first-order valence-electron chi connectivity index (χ1n) is 6.87. The Balaban J connectivity index is 2.58. The molecule has 0 fully saturated rings. The summed E-state index contributed by atoms with van der Waals surface area (Å²) in [5.41, 5.74) is -0.410. The summed E-state index contributed by atoms with van der Waals surface area (Å²) in [6, 6.07) is 6.26. The van der Waals surface area contributed by atoms with Gasteiger partial charge in [-0.15, -0.1) is 0 Å². The number of amides is 1. The summed E-state index contributed by atoms with van der Waals surface area (Å²) in [5, 5.41) is 0. The molecule has 0 spiro atoms. The maximum atomic E-state index is 12.5. The van der Waals surface area contributed by atoms with E-state index in [-0.39, 0.29) is 4.90 Å². The molecule has 7 heteroatoms. The first kappa shape index (κ1) is 17.0. The lowest BCUT2D eigenvalue weighted by atomic mass is 9.70. The van der Waals surface area contributed by atoms with Crippen molar-refractivity contribution >= 4 is 22.4 Å². The van der Waals surface area contributed by atoms with Gasteiger partial charge in [-0.2, -0.15) is 0 Å². The van der Waals surface area contributed by atoms with E-state index in [2.05, 4.69) is 4.74 Å². The molecule has 1 aromatic carbocycles. The number of nitrogens with one attached hydrogen (secondary N) is 1. The van der Waals surface area contributed by atoms with Crippen molar-refractivity contribution in [3.63, 3.8) is 0 Å². The van der Waals surface area contributed by atoms with Crippen molar-refractivity contribution in [2.75, 3.05) is 7.11 Å². The highest BCUT2D eigenvalue weighted by atomic mass is 32.2. The Kier molecular flexibility index (Phi) is 4.70. The van der Waals surface area contributed by atoms with Crippen molar-refractivity contribution in [2.24, 2.45) is 5.92 Å². The summed E-state index contributed by atoms with van der Waals surface area (Å²) in [4.78, 5) is 22.6. The van der Waals surface area contributed by atoms with Crippen LogP contribution in [-0.4, -0.2) is 27.9 Å². The second-order valence-electron chi connectivity index (χ2n) is 5.28. The molecule has 1 aliphatic carbocycles. The van der Waals surface area contributed by atoms with E-state index >= 15 is 0 Å². The average molecular weight is 335 g/mol. The molecule has 0 heterocycles. The molecular formula is C16H17NO5S. The van der Waals surface area contributed by atoms with Crippen LogP contribution >= 0.6 is 0 Å². The molecule has 1 amide bonds. The highest BCUT2D eigenvalue weighted by Crippen LogP contribution is 2.39. The van der Waals surface area contributed by atoms with Gasteiger partial charge >= 0.3 is 6.09 Å². The predicted octanol–water partition coefficient (Wildman–Crippen LogP) is 1.93. The number of rotatable bonds is 4. The average Bonchev–Trinajstić information content (AvgIpc) is 2.54. The van der Waals surface area contributed by atoms with Gasteiger partial charge in [-0.3, -0.25) is 0 Å². The topological polar surface area (TPSA) is 89.5 Å². The highest BCUT2D eigenvalue weighted by molar-refractivity contribution is 7.90. The molecule has 1 aromatic rings. The lowest BCUT2D eigenvalue weighted by Crippen LogP contribution is -2.36. The maximum Gasteiger partial charge on any atom is 0.420 e. The van der Waals surface area contributed by atoms with Gasteiger partial charge in [0.05, 0.1) is 12.0 Å². The molecule has 0 radical (unpaired) electrons. The zero-order valence-electron chi connectivity index (χ0n) is 12.7. The first-order chi connectivity index (χ1) is 10.8. The summed E-state index contributed by atoms with van der Waals surface area (Å²) < 4.78 is 31.1. The van der Waals surface area contributed by atoms with E-state index in [4.69, 9.17) is 0 Å². The molecule has 0 saturated heterocycles. The molecule has 0 aliphatic heterocycles. The Morgan fingerprint density at radius 3 is 2.65 bits per heavy atom. The maximum absolute atomic E-state index is 12.5. The van der Waals surface area contributed by atoms with E-state index in [9.17, 15) is 18.0 Å². The van der Waals surface area contributed by atoms with Gasteiger partial charge in [0.1, 0.15) is 6.29 Å². The molecule has 2 rings (SSSR count). The molecule has 2 unspecified atom stereocenters. The van der Waals surface area contributed by atoms with Crippen LogP contribution < -0.4 is 4.72 Å². The Morgan fingerprint density at radius 1 is 1.30 bits per heavy atom. The third-order valence-electron chi connectivity index (χ3n) is 3.87. The van der Waals surface area contributed by atoms with Crippen LogP contribution in [0.3, 0.4) is 0 Å². The van der Waals surface area contributed by atoms with Gasteiger partial charge in [-0.05, 0) is 11.6 Å². The van der Waals surface area contributed by atoms with Crippen LogP contribution in [0.25, 0.3) is 0 Å². The number of benzene rings is 1. The van der Waals surface area contributed by atoms with E-state index in [0.29, 0.717) is 5.56 Å². The summed E-state index contributed by atoms with van der Waals surface area (Å²) >= 11 is 0. The molecule has 6 nitrogen and oxygen atoms in total. The lowest BCUT2D eigenvalue weighted by Gasteiger charge is -2.33. The van der Waals surface area contributed by atoms with Crippen LogP contribution in [0.2, 0.25) is 0 Å². The van der Waals surface area contributed by atoms with Crippen LogP contribution in [0.4, 0.5) is 4.79 Å². The number of sulfonamides is 1. The summed E-state index contributed by atoms with van der Waals surface area (Å²) in [7, 11) is -3.04. The fraction of sp³-hybridized carbons (Fsp3) is 0.250. The SMILES string of the molecule is COC(=O)NS(=O)(=O)c1ccccc1C1(C)C=CC=CC1C=O. The predicted molar refractivity (Wildman–Crippen MR) is 84.4 cm³/mol. The van der Waals surface area contributed by atoms with Gasteiger partial charge in [0.15, 0.2) is 0 Å². The molecule has 23 heavy (non-hydrogen) atoms. The van der Waals surface area contributed by atoms with Gasteiger partial charge in [0.2, 0.25) is 0 Å². The molecular weight excluding hydrogens is 318 g/mol. The number of allylic oxidation sites excluding steroid dienone is 4. The van der Waals surface area contributed by atoms with Crippen molar-refractivity contribution in [1.82, 2.24) is 4.72 Å². The van der Waals surface area contributed by atoms with Gasteiger partial charge in [0.25, 0.3) is 10.0 Å². The fourth-order valence-electron chi connectivity index (χ4n) is 2.56. The van der Waals surface area contributed by atoms with Crippen LogP contribution in [-0.2, 0) is 25.0 Å². The Labute approximate surface area is 134 Å². The Bertz CT molecular complexity index is 781. The second kappa shape index (κ2) is 6.37. The monoisotopic (exact) mass is 335 g/mol. The highest BCUT2D eigenvalue weighted by Gasteiger charge is 2.37. The van der Waals surface area contributed by atoms with Crippen molar-refractivity contribution in [3.8, 4) is 0 Å². The largest absolute Gasteiger partial charge is 0.452 e. The van der Waals surface area contributed by atoms with E-state index in [1.807, 2.05) is 4.72 Å². The zero-order valence-corrected chi connectivity index (χ0v) is 13.5.